The van der Waals surface area contributed by atoms with Gasteiger partial charge in [-0.25, -0.2) is 0 Å². The Labute approximate surface area is 151 Å². The summed E-state index contributed by atoms with van der Waals surface area (Å²) in [5.41, 5.74) is -3.68. The predicted octanol–water partition coefficient (Wildman–Crippen LogP) is 5.41. The van der Waals surface area contributed by atoms with Gasteiger partial charge in [0.25, 0.3) is 0 Å². The normalized spacial score (nSPS) is 23.2. The first-order valence-electron chi connectivity index (χ1n) is 8.87. The summed E-state index contributed by atoms with van der Waals surface area (Å²) in [5.74, 6) is 0. The fourth-order valence-corrected chi connectivity index (χ4v) is 5.00. The minimum atomic E-state index is -4.57. The summed E-state index contributed by atoms with van der Waals surface area (Å²) in [6, 6.07) is 0. The van der Waals surface area contributed by atoms with Gasteiger partial charge in [0, 0.05) is 0 Å². The second-order valence-corrected chi connectivity index (χ2v) is 14.7. The van der Waals surface area contributed by atoms with Crippen molar-refractivity contribution >= 4 is 15.9 Å². The van der Waals surface area contributed by atoms with Crippen LogP contribution in [-0.4, -0.2) is 46.0 Å². The van der Waals surface area contributed by atoms with Crippen LogP contribution >= 0.6 is 7.60 Å². The van der Waals surface area contributed by atoms with E-state index in [1.54, 1.807) is 0 Å². The molecule has 150 valence electrons. The highest BCUT2D eigenvalue weighted by Gasteiger charge is 2.61. The van der Waals surface area contributed by atoms with Crippen LogP contribution in [0.4, 0.5) is 8.78 Å². The van der Waals surface area contributed by atoms with Gasteiger partial charge in [0.2, 0.25) is 0 Å². The lowest BCUT2D eigenvalue weighted by Crippen LogP contribution is -2.43. The van der Waals surface area contributed by atoms with Gasteiger partial charge in [-0.1, -0.05) is 20.8 Å². The molecule has 2 atom stereocenters. The Morgan fingerprint density at radius 1 is 1.12 bits per heavy atom. The van der Waals surface area contributed by atoms with Crippen LogP contribution in [0.2, 0.25) is 18.1 Å². The highest BCUT2D eigenvalue weighted by Crippen LogP contribution is 2.65. The summed E-state index contributed by atoms with van der Waals surface area (Å²) in [6.45, 7) is 13.6. The predicted molar refractivity (Wildman–Crippen MR) is 96.8 cm³/mol. The molecule has 0 aromatic rings. The minimum Gasteiger partial charge on any atom is -0.414 e. The van der Waals surface area contributed by atoms with Crippen molar-refractivity contribution in [1.82, 2.24) is 0 Å². The third-order valence-electron chi connectivity index (χ3n) is 4.89. The molecule has 0 bridgehead atoms. The third kappa shape index (κ3) is 5.33. The van der Waals surface area contributed by atoms with Crippen LogP contribution in [0.15, 0.2) is 0 Å². The molecule has 9 heteroatoms. The van der Waals surface area contributed by atoms with Crippen molar-refractivity contribution in [1.29, 1.82) is 0 Å². The van der Waals surface area contributed by atoms with E-state index in [4.69, 9.17) is 18.2 Å². The van der Waals surface area contributed by atoms with E-state index >= 15 is 0 Å². The first kappa shape index (κ1) is 23.2. The van der Waals surface area contributed by atoms with Gasteiger partial charge in [0.1, 0.15) is 6.10 Å². The van der Waals surface area contributed by atoms with Crippen molar-refractivity contribution in [2.45, 2.75) is 83.5 Å². The topological polar surface area (TPSA) is 54.0 Å². The monoisotopic (exact) mass is 402 g/mol. The average molecular weight is 402 g/mol. The lowest BCUT2D eigenvalue weighted by molar-refractivity contribution is -0.101. The number of alkyl halides is 2. The number of hydrogen-bond acceptors (Lipinski definition) is 5. The lowest BCUT2D eigenvalue weighted by atomic mass is 10.2. The van der Waals surface area contributed by atoms with Crippen molar-refractivity contribution in [3.05, 3.63) is 0 Å². The van der Waals surface area contributed by atoms with Crippen molar-refractivity contribution in [2.75, 3.05) is 19.8 Å². The lowest BCUT2D eigenvalue weighted by Gasteiger charge is -2.37. The average Bonchev–Trinajstić information content (AvgIpc) is 2.94. The van der Waals surface area contributed by atoms with E-state index in [1.807, 2.05) is 0 Å². The zero-order chi connectivity index (χ0) is 19.5. The van der Waals surface area contributed by atoms with Crippen molar-refractivity contribution < 1.29 is 31.6 Å². The summed E-state index contributed by atoms with van der Waals surface area (Å²) < 4.78 is 63.1. The van der Waals surface area contributed by atoms with Gasteiger partial charge in [0.05, 0.1) is 25.9 Å². The van der Waals surface area contributed by atoms with Gasteiger partial charge in [-0.05, 0) is 44.8 Å². The zero-order valence-corrected chi connectivity index (χ0v) is 18.3. The van der Waals surface area contributed by atoms with Crippen LogP contribution in [0, 0.1) is 0 Å². The molecule has 0 unspecified atom stereocenters. The van der Waals surface area contributed by atoms with Crippen LogP contribution in [0.25, 0.3) is 0 Å². The molecule has 0 radical (unpaired) electrons. The smallest absolute Gasteiger partial charge is 0.402 e. The fraction of sp³-hybridized carbons (Fsp3) is 1.00. The van der Waals surface area contributed by atoms with Gasteiger partial charge in [0.15, 0.2) is 8.32 Å². The van der Waals surface area contributed by atoms with Crippen LogP contribution in [0.3, 0.4) is 0 Å². The van der Waals surface area contributed by atoms with Gasteiger partial charge in [-0.3, -0.25) is 4.57 Å². The highest BCUT2D eigenvalue weighted by atomic mass is 31.2. The van der Waals surface area contributed by atoms with Crippen molar-refractivity contribution in [3.8, 4) is 0 Å². The summed E-state index contributed by atoms with van der Waals surface area (Å²) >= 11 is 0. The van der Waals surface area contributed by atoms with Crippen LogP contribution in [-0.2, 0) is 22.8 Å². The second-order valence-electron chi connectivity index (χ2n) is 7.82. The molecule has 1 heterocycles. The Morgan fingerprint density at radius 3 is 2.08 bits per heavy atom. The van der Waals surface area contributed by atoms with Crippen LogP contribution in [0.5, 0.6) is 0 Å². The number of rotatable bonds is 9. The molecule has 0 aliphatic carbocycles. The fourth-order valence-electron chi connectivity index (χ4n) is 2.33. The van der Waals surface area contributed by atoms with E-state index in [2.05, 4.69) is 33.9 Å². The number of halogens is 2. The molecule has 0 aromatic carbocycles. The number of hydrogen-bond donors (Lipinski definition) is 0. The molecule has 1 aliphatic rings. The second kappa shape index (κ2) is 8.44. The Balaban J connectivity index is 2.73. The van der Waals surface area contributed by atoms with Gasteiger partial charge in [-0.2, -0.15) is 8.78 Å². The first-order valence-corrected chi connectivity index (χ1v) is 13.3. The molecule has 1 rings (SSSR count). The Morgan fingerprint density at radius 2 is 1.64 bits per heavy atom. The maximum absolute atomic E-state index is 14.7. The van der Waals surface area contributed by atoms with E-state index in [0.717, 1.165) is 0 Å². The molecule has 1 aliphatic heterocycles. The highest BCUT2D eigenvalue weighted by molar-refractivity contribution is 7.55. The van der Waals surface area contributed by atoms with Crippen LogP contribution in [0.1, 0.15) is 47.5 Å². The maximum atomic E-state index is 14.7. The van der Waals surface area contributed by atoms with E-state index < -0.39 is 33.8 Å². The molecule has 0 spiro atoms. The van der Waals surface area contributed by atoms with E-state index in [1.165, 1.54) is 13.8 Å². The van der Waals surface area contributed by atoms with Crippen molar-refractivity contribution in [3.63, 3.8) is 0 Å². The molecule has 0 saturated carbocycles. The molecular weight excluding hydrogens is 369 g/mol. The summed E-state index contributed by atoms with van der Waals surface area (Å²) in [6.07, 6.45) is -1.37. The van der Waals surface area contributed by atoms with Gasteiger partial charge in [-0.15, -0.1) is 0 Å². The van der Waals surface area contributed by atoms with Crippen LogP contribution < -0.4 is 0 Å². The molecule has 0 N–H and O–H groups in total. The third-order valence-corrected chi connectivity index (χ3v) is 11.6. The molecule has 0 aromatic heterocycles. The number of ether oxygens (including phenoxy) is 1. The minimum absolute atomic E-state index is 0.0363. The standard InChI is InChI=1S/C16H33F2O5PSi/c1-8-20-24(19,21-9-2)16(17,18)14-11-10-13(23-14)12-22-25(6,7)15(3,4)5/h13-14H,8-12H2,1-7H3/t13-,14-/m0/s1. The molecular formula is C16H33F2O5PSi. The van der Waals surface area contributed by atoms with E-state index in [9.17, 15) is 13.3 Å². The SMILES string of the molecule is CCOP(=O)(OCC)C(F)(F)[C@@H]1CC[C@@H](CO[Si](C)(C)C(C)(C)C)O1. The molecule has 1 saturated heterocycles. The van der Waals surface area contributed by atoms with Gasteiger partial charge < -0.3 is 18.2 Å². The Hall–Kier alpha value is 0.147. The molecule has 1 fully saturated rings. The molecule has 5 nitrogen and oxygen atoms in total. The van der Waals surface area contributed by atoms with E-state index in [0.29, 0.717) is 6.42 Å². The summed E-state index contributed by atoms with van der Waals surface area (Å²) in [5, 5.41) is 0.0363. The van der Waals surface area contributed by atoms with Gasteiger partial charge >= 0.3 is 13.3 Å². The first-order chi connectivity index (χ1) is 11.3. The Kier molecular flexibility index (Phi) is 7.83. The summed E-state index contributed by atoms with van der Waals surface area (Å²) in [4.78, 5) is 0. The quantitative estimate of drug-likeness (QED) is 0.381. The summed E-state index contributed by atoms with van der Waals surface area (Å²) in [7, 11) is -6.54. The maximum Gasteiger partial charge on any atom is 0.402 e. The van der Waals surface area contributed by atoms with Crippen molar-refractivity contribution in [2.24, 2.45) is 0 Å². The van der Waals surface area contributed by atoms with E-state index in [-0.39, 0.29) is 31.3 Å². The largest absolute Gasteiger partial charge is 0.414 e. The molecule has 25 heavy (non-hydrogen) atoms. The Bertz CT molecular complexity index is 472. The molecule has 0 amide bonds. The zero-order valence-electron chi connectivity index (χ0n) is 16.4.